The van der Waals surface area contributed by atoms with E-state index >= 15 is 0 Å². The second-order valence-electron chi connectivity index (χ2n) is 4.92. The summed E-state index contributed by atoms with van der Waals surface area (Å²) in [5, 5.41) is 4.13. The van der Waals surface area contributed by atoms with E-state index in [-0.39, 0.29) is 12.2 Å². The minimum absolute atomic E-state index is 0.216. The van der Waals surface area contributed by atoms with E-state index in [1.807, 2.05) is 37.3 Å². The van der Waals surface area contributed by atoms with Crippen molar-refractivity contribution in [1.82, 2.24) is 0 Å². The number of carbonyl (C=O) groups excluding carboxylic acids is 2. The van der Waals surface area contributed by atoms with E-state index in [1.165, 1.54) is 0 Å². The summed E-state index contributed by atoms with van der Waals surface area (Å²) >= 11 is 0. The third-order valence-electron chi connectivity index (χ3n) is 3.16. The summed E-state index contributed by atoms with van der Waals surface area (Å²) in [6.45, 7) is 2.17. The molecule has 126 valence electrons. The molecule has 0 atom stereocenters. The highest BCUT2D eigenvalue weighted by Crippen LogP contribution is 2.19. The highest BCUT2D eigenvalue weighted by Gasteiger charge is 2.12. The predicted octanol–water partition coefficient (Wildman–Crippen LogP) is 4.31. The number of ether oxygens (including phenoxy) is 1. The Bertz CT molecular complexity index is 651. The molecule has 0 aromatic heterocycles. The lowest BCUT2D eigenvalue weighted by Gasteiger charge is -2.04. The molecule has 0 heterocycles. The molecule has 0 N–H and O–H groups in total. The van der Waals surface area contributed by atoms with E-state index < -0.39 is 12.1 Å². The van der Waals surface area contributed by atoms with Crippen LogP contribution in [0.2, 0.25) is 0 Å². The summed E-state index contributed by atoms with van der Waals surface area (Å²) < 4.78 is 4.66. The molecule has 0 fully saturated rings. The van der Waals surface area contributed by atoms with Crippen LogP contribution in [0, 0.1) is 0 Å². The van der Waals surface area contributed by atoms with E-state index in [0.29, 0.717) is 6.42 Å². The smallest absolute Gasteiger partial charge is 0.432 e. The molecular weight excluding hydrogens is 312 g/mol. The number of hydrogen-bond donors (Lipinski definition) is 0. The molecule has 2 aromatic carbocycles. The molecule has 2 rings (SSSR count). The van der Waals surface area contributed by atoms with Crippen molar-refractivity contribution in [3.63, 3.8) is 0 Å². The summed E-state index contributed by atoms with van der Waals surface area (Å²) in [7, 11) is 0. The third-order valence-corrected chi connectivity index (χ3v) is 3.16. The van der Waals surface area contributed by atoms with Crippen molar-refractivity contribution in [1.29, 1.82) is 0 Å². The summed E-state index contributed by atoms with van der Waals surface area (Å²) in [5.41, 5.74) is 2.26. The molecule has 24 heavy (non-hydrogen) atoms. The van der Waals surface area contributed by atoms with Crippen LogP contribution >= 0.6 is 0 Å². The van der Waals surface area contributed by atoms with E-state index in [4.69, 9.17) is 0 Å². The molecule has 0 unspecified atom stereocenters. The molecule has 0 aliphatic rings. The number of benzene rings is 2. The monoisotopic (exact) mass is 330 g/mol. The highest BCUT2D eigenvalue weighted by molar-refractivity contribution is 5.89. The van der Waals surface area contributed by atoms with Gasteiger partial charge in [0.15, 0.2) is 0 Å². The van der Waals surface area contributed by atoms with Gasteiger partial charge in [0.25, 0.3) is 0 Å². The minimum atomic E-state index is -1.06. The van der Waals surface area contributed by atoms with Crippen molar-refractivity contribution in [2.45, 2.75) is 19.8 Å². The molecule has 6 nitrogen and oxygen atoms in total. The van der Waals surface area contributed by atoms with Gasteiger partial charge in [0.05, 0.1) is 17.2 Å². The van der Waals surface area contributed by atoms with Gasteiger partial charge in [-0.1, -0.05) is 55.8 Å². The van der Waals surface area contributed by atoms with E-state index in [0.717, 1.165) is 17.5 Å². The standard InChI is InChI=1S/C18H18O6/c1-2-3-13-21-18(20)23-24-22-17(19)16-11-9-15(10-12-16)14-7-5-4-6-8-14/h4-12H,2-3,13H2,1H3. The fraction of sp³-hybridized carbons (Fsp3) is 0.222. The molecule has 0 amide bonds. The Labute approximate surface area is 139 Å². The molecule has 2 aromatic rings. The van der Waals surface area contributed by atoms with Crippen LogP contribution in [0.25, 0.3) is 11.1 Å². The Balaban J connectivity index is 1.79. The maximum Gasteiger partial charge on any atom is 0.543 e. The minimum Gasteiger partial charge on any atom is -0.432 e. The lowest BCUT2D eigenvalue weighted by Crippen LogP contribution is -2.12. The lowest BCUT2D eigenvalue weighted by molar-refractivity contribution is -0.452. The number of rotatable bonds is 7. The van der Waals surface area contributed by atoms with E-state index in [1.54, 1.807) is 24.3 Å². The van der Waals surface area contributed by atoms with Gasteiger partial charge in [-0.05, 0) is 29.7 Å². The fourth-order valence-electron chi connectivity index (χ4n) is 1.88. The lowest BCUT2D eigenvalue weighted by atomic mass is 10.0. The normalized spacial score (nSPS) is 10.0. The van der Waals surface area contributed by atoms with Crippen molar-refractivity contribution < 1.29 is 29.1 Å². The van der Waals surface area contributed by atoms with Gasteiger partial charge in [-0.2, -0.15) is 0 Å². The first-order valence-electron chi connectivity index (χ1n) is 7.58. The molecule has 0 saturated heterocycles. The Kier molecular flexibility index (Phi) is 6.79. The summed E-state index contributed by atoms with van der Waals surface area (Å²) in [5.74, 6) is -0.782. The molecule has 6 heteroatoms. The Hall–Kier alpha value is -2.86. The zero-order valence-electron chi connectivity index (χ0n) is 13.3. The zero-order chi connectivity index (χ0) is 17.2. The molecule has 0 radical (unpaired) electrons. The van der Waals surface area contributed by atoms with Crippen LogP contribution in [-0.4, -0.2) is 18.7 Å². The quantitative estimate of drug-likeness (QED) is 0.326. The van der Waals surface area contributed by atoms with Crippen LogP contribution in [0.3, 0.4) is 0 Å². The second kappa shape index (κ2) is 9.32. The Morgan fingerprint density at radius 1 is 0.875 bits per heavy atom. The third kappa shape index (κ3) is 5.40. The Morgan fingerprint density at radius 2 is 1.54 bits per heavy atom. The molecule has 0 aliphatic heterocycles. The van der Waals surface area contributed by atoms with Crippen LogP contribution in [-0.2, 0) is 19.6 Å². The molecule has 0 spiro atoms. The highest BCUT2D eigenvalue weighted by atomic mass is 17.5. The van der Waals surface area contributed by atoms with Crippen molar-refractivity contribution in [2.24, 2.45) is 0 Å². The first-order chi connectivity index (χ1) is 11.7. The second-order valence-corrected chi connectivity index (χ2v) is 4.92. The topological polar surface area (TPSA) is 71.1 Å². The fourth-order valence-corrected chi connectivity index (χ4v) is 1.88. The van der Waals surface area contributed by atoms with Crippen molar-refractivity contribution >= 4 is 12.1 Å². The van der Waals surface area contributed by atoms with E-state index in [9.17, 15) is 9.59 Å². The summed E-state index contributed by atoms with van der Waals surface area (Å²) in [6.07, 6.45) is 0.528. The van der Waals surface area contributed by atoms with Crippen molar-refractivity contribution in [2.75, 3.05) is 6.61 Å². The number of unbranched alkanes of at least 4 members (excludes halogenated alkanes) is 1. The molecule has 0 saturated carbocycles. The summed E-state index contributed by atoms with van der Waals surface area (Å²) in [4.78, 5) is 31.4. The van der Waals surface area contributed by atoms with Crippen LogP contribution < -0.4 is 0 Å². The predicted molar refractivity (Wildman–Crippen MR) is 85.7 cm³/mol. The van der Waals surface area contributed by atoms with Gasteiger partial charge in [-0.25, -0.2) is 14.5 Å². The maximum atomic E-state index is 11.8. The van der Waals surface area contributed by atoms with Crippen molar-refractivity contribution in [3.05, 3.63) is 60.2 Å². The average molecular weight is 330 g/mol. The molecular formula is C18H18O6. The molecule has 0 aliphatic carbocycles. The zero-order valence-corrected chi connectivity index (χ0v) is 13.3. The average Bonchev–Trinajstić information content (AvgIpc) is 2.63. The maximum absolute atomic E-state index is 11.8. The van der Waals surface area contributed by atoms with Gasteiger partial charge in [-0.15, -0.1) is 0 Å². The van der Waals surface area contributed by atoms with Gasteiger partial charge in [-0.3, -0.25) is 4.89 Å². The van der Waals surface area contributed by atoms with Crippen molar-refractivity contribution in [3.8, 4) is 11.1 Å². The van der Waals surface area contributed by atoms with Crippen LogP contribution in [0.5, 0.6) is 0 Å². The molecule has 0 bridgehead atoms. The van der Waals surface area contributed by atoms with Gasteiger partial charge >= 0.3 is 12.1 Å². The summed E-state index contributed by atoms with van der Waals surface area (Å²) in [6, 6.07) is 16.5. The van der Waals surface area contributed by atoms with Crippen LogP contribution in [0.1, 0.15) is 30.1 Å². The number of hydrogen-bond acceptors (Lipinski definition) is 6. The van der Waals surface area contributed by atoms with Gasteiger partial charge < -0.3 is 4.74 Å². The van der Waals surface area contributed by atoms with Crippen LogP contribution in [0.15, 0.2) is 54.6 Å². The van der Waals surface area contributed by atoms with Gasteiger partial charge in [0.2, 0.25) is 0 Å². The van der Waals surface area contributed by atoms with E-state index in [2.05, 4.69) is 19.6 Å². The van der Waals surface area contributed by atoms with Gasteiger partial charge in [0, 0.05) is 0 Å². The van der Waals surface area contributed by atoms with Gasteiger partial charge in [0.1, 0.15) is 0 Å². The number of carbonyl (C=O) groups is 2. The first-order valence-corrected chi connectivity index (χ1v) is 7.58. The Morgan fingerprint density at radius 3 is 2.21 bits per heavy atom. The largest absolute Gasteiger partial charge is 0.543 e. The first kappa shape index (κ1) is 17.5. The van der Waals surface area contributed by atoms with Crippen LogP contribution in [0.4, 0.5) is 4.79 Å². The SMILES string of the molecule is CCCCOC(=O)OOOC(=O)c1ccc(-c2ccccc2)cc1.